The Balaban J connectivity index is 1.15. The predicted molar refractivity (Wildman–Crippen MR) is 195 cm³/mol. The molecule has 0 saturated carbocycles. The van der Waals surface area contributed by atoms with Crippen LogP contribution in [0.5, 0.6) is 0 Å². The van der Waals surface area contributed by atoms with Gasteiger partial charge in [-0.3, -0.25) is 0 Å². The van der Waals surface area contributed by atoms with Crippen molar-refractivity contribution >= 4 is 22.9 Å². The lowest BCUT2D eigenvalue weighted by atomic mass is 9.94. The van der Waals surface area contributed by atoms with Crippen LogP contribution in [0.25, 0.3) is 73.6 Å². The lowest BCUT2D eigenvalue weighted by molar-refractivity contribution is 0.922. The Hall–Kier alpha value is -5.80. The Labute approximate surface area is 275 Å². The second kappa shape index (κ2) is 11.5. The molecule has 47 heavy (non-hydrogen) atoms. The van der Waals surface area contributed by atoms with E-state index in [1.165, 1.54) is 44.7 Å². The first kappa shape index (κ1) is 27.5. The fourth-order valence-electron chi connectivity index (χ4n) is 7.36. The molecule has 3 heteroatoms. The molecule has 0 spiro atoms. The van der Waals surface area contributed by atoms with Crippen molar-refractivity contribution < 1.29 is 0 Å². The maximum absolute atomic E-state index is 5.14. The molecule has 0 radical (unpaired) electrons. The van der Waals surface area contributed by atoms with Crippen LogP contribution >= 0.6 is 0 Å². The molecule has 224 valence electrons. The van der Waals surface area contributed by atoms with Crippen LogP contribution in [0.1, 0.15) is 35.4 Å². The summed E-state index contributed by atoms with van der Waals surface area (Å²) in [5.41, 5.74) is 14.4. The van der Waals surface area contributed by atoms with Crippen molar-refractivity contribution in [1.29, 1.82) is 0 Å². The summed E-state index contributed by atoms with van der Waals surface area (Å²) in [7, 11) is 0. The van der Waals surface area contributed by atoms with Gasteiger partial charge < -0.3 is 4.57 Å². The van der Waals surface area contributed by atoms with Gasteiger partial charge in [-0.25, -0.2) is 9.97 Å². The van der Waals surface area contributed by atoms with E-state index in [-0.39, 0.29) is 0 Å². The normalized spacial score (nSPS) is 13.4. The van der Waals surface area contributed by atoms with Gasteiger partial charge in [0.05, 0.1) is 11.4 Å². The number of hydrogen-bond acceptors (Lipinski definition) is 2. The van der Waals surface area contributed by atoms with E-state index in [2.05, 4.69) is 144 Å². The average Bonchev–Trinajstić information content (AvgIpc) is 3.49. The van der Waals surface area contributed by atoms with Gasteiger partial charge in [-0.2, -0.15) is 0 Å². The van der Waals surface area contributed by atoms with E-state index in [1.54, 1.807) is 0 Å². The third-order valence-electron chi connectivity index (χ3n) is 9.60. The molecule has 0 saturated heterocycles. The highest BCUT2D eigenvalue weighted by atomic mass is 15.0. The number of aromatic nitrogens is 3. The van der Waals surface area contributed by atoms with Crippen molar-refractivity contribution in [2.45, 2.75) is 25.7 Å². The summed E-state index contributed by atoms with van der Waals surface area (Å²) in [6.45, 7) is 0. The molecule has 0 unspecified atom stereocenters. The van der Waals surface area contributed by atoms with Gasteiger partial charge in [-0.15, -0.1) is 0 Å². The molecule has 0 atom stereocenters. The maximum Gasteiger partial charge on any atom is 0.161 e. The van der Waals surface area contributed by atoms with Crippen molar-refractivity contribution in [1.82, 2.24) is 14.5 Å². The van der Waals surface area contributed by atoms with Crippen LogP contribution in [0.2, 0.25) is 0 Å². The quantitative estimate of drug-likeness (QED) is 0.196. The van der Waals surface area contributed by atoms with Crippen LogP contribution in [-0.2, 0) is 12.8 Å². The largest absolute Gasteiger partial charge is 0.310 e. The molecule has 0 N–H and O–H groups in total. The molecular weight excluding hydrogens is 571 g/mol. The maximum atomic E-state index is 5.14. The number of benzene rings is 5. The van der Waals surface area contributed by atoms with E-state index >= 15 is 0 Å². The monoisotopic (exact) mass is 603 g/mol. The van der Waals surface area contributed by atoms with Crippen LogP contribution in [0, 0.1) is 0 Å². The molecule has 2 aromatic heterocycles. The van der Waals surface area contributed by atoms with Crippen LogP contribution in [0.3, 0.4) is 0 Å². The number of nitrogens with zero attached hydrogens (tertiary/aromatic N) is 3. The molecule has 2 aliphatic rings. The first-order valence-corrected chi connectivity index (χ1v) is 16.5. The highest BCUT2D eigenvalue weighted by Crippen LogP contribution is 2.39. The number of allylic oxidation sites excluding steroid dienone is 2. The number of fused-ring (bicyclic) bond motifs is 4. The van der Waals surface area contributed by atoms with Crippen molar-refractivity contribution in [2.75, 3.05) is 0 Å². The number of rotatable bonds is 5. The van der Waals surface area contributed by atoms with Gasteiger partial charge >= 0.3 is 0 Å². The van der Waals surface area contributed by atoms with Gasteiger partial charge in [-0.1, -0.05) is 115 Å². The molecular formula is C44H33N3. The van der Waals surface area contributed by atoms with Gasteiger partial charge in [0.2, 0.25) is 0 Å². The Morgan fingerprint density at radius 1 is 0.468 bits per heavy atom. The summed E-state index contributed by atoms with van der Waals surface area (Å²) < 4.78 is 2.46. The van der Waals surface area contributed by atoms with Gasteiger partial charge in [-0.05, 0) is 95.1 Å². The highest BCUT2D eigenvalue weighted by molar-refractivity contribution is 6.04. The molecule has 0 aliphatic heterocycles. The summed E-state index contributed by atoms with van der Waals surface area (Å²) in [5.74, 6) is 0.728. The topological polar surface area (TPSA) is 30.7 Å². The lowest BCUT2D eigenvalue weighted by Gasteiger charge is -2.15. The molecule has 9 rings (SSSR count). The van der Waals surface area contributed by atoms with Crippen LogP contribution in [0.15, 0.2) is 140 Å². The van der Waals surface area contributed by atoms with E-state index < -0.39 is 0 Å². The summed E-state index contributed by atoms with van der Waals surface area (Å²) in [6, 6.07) is 45.0. The fraction of sp³-hybridized carbons (Fsp3) is 0.0909. The van der Waals surface area contributed by atoms with Gasteiger partial charge in [0, 0.05) is 33.8 Å². The van der Waals surface area contributed by atoms with Crippen molar-refractivity contribution in [3.63, 3.8) is 0 Å². The van der Waals surface area contributed by atoms with Crippen molar-refractivity contribution in [3.05, 3.63) is 162 Å². The lowest BCUT2D eigenvalue weighted by Crippen LogP contribution is -2.02. The van der Waals surface area contributed by atoms with Crippen LogP contribution in [0.4, 0.5) is 0 Å². The molecule has 0 fully saturated rings. The molecule has 0 amide bonds. The van der Waals surface area contributed by atoms with E-state index in [1.807, 2.05) is 12.1 Å². The minimum absolute atomic E-state index is 0.728. The van der Waals surface area contributed by atoms with Gasteiger partial charge in [0.1, 0.15) is 0 Å². The van der Waals surface area contributed by atoms with E-state index in [4.69, 9.17) is 9.97 Å². The Morgan fingerprint density at radius 3 is 1.55 bits per heavy atom. The fourth-order valence-corrected chi connectivity index (χ4v) is 7.36. The second-order valence-electron chi connectivity index (χ2n) is 12.4. The molecule has 5 aromatic carbocycles. The molecule has 7 aromatic rings. The van der Waals surface area contributed by atoms with Gasteiger partial charge in [0.15, 0.2) is 5.82 Å². The number of hydrogen-bond donors (Lipinski definition) is 0. The zero-order valence-corrected chi connectivity index (χ0v) is 26.1. The predicted octanol–water partition coefficient (Wildman–Crippen LogP) is 11.0. The summed E-state index contributed by atoms with van der Waals surface area (Å²) in [5, 5.41) is 2.33. The van der Waals surface area contributed by atoms with Crippen molar-refractivity contribution in [3.8, 4) is 50.7 Å². The minimum atomic E-state index is 0.728. The van der Waals surface area contributed by atoms with E-state index in [9.17, 15) is 0 Å². The molecule has 0 bridgehead atoms. The first-order valence-electron chi connectivity index (χ1n) is 16.5. The average molecular weight is 604 g/mol. The van der Waals surface area contributed by atoms with Crippen LogP contribution in [-0.4, -0.2) is 14.5 Å². The SMILES string of the molecule is C1=Cc2c(c3c(n2-c2ccc(-c4ccc(-c5nc(-c6ccccc6)cc(-c6ccccc6)n5)c5ccccc45)cc2)C=CCC3)CC1. The standard InChI is InChI=1S/C44H33N3/c1-3-13-31(14-4-1)40-29-41(32-15-5-2-6-16-32)46-44(45-40)39-28-27-34(35-17-7-8-18-36(35)39)30-23-25-33(26-24-30)47-42-21-11-9-19-37(42)38-20-10-12-22-43(38)47/h1-8,11-18,21-29H,9-10,19-20H2. The van der Waals surface area contributed by atoms with Gasteiger partial charge in [0.25, 0.3) is 0 Å². The summed E-state index contributed by atoms with van der Waals surface area (Å²) >= 11 is 0. The Bertz CT molecular complexity index is 2230. The molecule has 2 aliphatic carbocycles. The molecule has 3 nitrogen and oxygen atoms in total. The summed E-state index contributed by atoms with van der Waals surface area (Å²) in [6.07, 6.45) is 13.8. The highest BCUT2D eigenvalue weighted by Gasteiger charge is 2.23. The van der Waals surface area contributed by atoms with E-state index in [0.29, 0.717) is 0 Å². The molecule has 2 heterocycles. The Kier molecular flexibility index (Phi) is 6.75. The first-order chi connectivity index (χ1) is 23.3. The third-order valence-corrected chi connectivity index (χ3v) is 9.60. The zero-order valence-electron chi connectivity index (χ0n) is 26.1. The second-order valence-corrected chi connectivity index (χ2v) is 12.4. The summed E-state index contributed by atoms with van der Waals surface area (Å²) in [4.78, 5) is 10.3. The minimum Gasteiger partial charge on any atom is -0.310 e. The smallest absolute Gasteiger partial charge is 0.161 e. The van der Waals surface area contributed by atoms with Crippen LogP contribution < -0.4 is 0 Å². The third kappa shape index (κ3) is 4.83. The van der Waals surface area contributed by atoms with E-state index in [0.717, 1.165) is 65.0 Å². The zero-order chi connectivity index (χ0) is 31.2. The van der Waals surface area contributed by atoms with Crippen molar-refractivity contribution in [2.24, 2.45) is 0 Å². The Morgan fingerprint density at radius 2 is 0.979 bits per heavy atom.